The van der Waals surface area contributed by atoms with Crippen LogP contribution in [0.1, 0.15) is 0 Å². The Morgan fingerprint density at radius 1 is 1.05 bits per heavy atom. The molecule has 104 valence electrons. The predicted octanol–water partition coefficient (Wildman–Crippen LogP) is 1.77. The Hall–Kier alpha value is -1.96. The molecule has 0 saturated heterocycles. The van der Waals surface area contributed by atoms with Crippen molar-refractivity contribution in [2.45, 2.75) is 0 Å². The van der Waals surface area contributed by atoms with Crippen LogP contribution in [0, 0.1) is 10.8 Å². The van der Waals surface area contributed by atoms with Crippen molar-refractivity contribution < 1.29 is 4.94 Å². The SMILES string of the molecule is Cn1c2c(n(-c3ccc(Cl)c(Cl)c3)c(=N)c1=N)NON2. The highest BCUT2D eigenvalue weighted by atomic mass is 35.5. The summed E-state index contributed by atoms with van der Waals surface area (Å²) >= 11 is 11.9. The summed E-state index contributed by atoms with van der Waals surface area (Å²) < 4.78 is 3.02. The van der Waals surface area contributed by atoms with Crippen molar-refractivity contribution in [3.8, 4) is 5.69 Å². The summed E-state index contributed by atoms with van der Waals surface area (Å²) in [4.78, 5) is 4.95. The average molecular weight is 313 g/mol. The minimum atomic E-state index is -0.00978. The van der Waals surface area contributed by atoms with Gasteiger partial charge in [0.15, 0.2) is 22.6 Å². The van der Waals surface area contributed by atoms with Crippen LogP contribution in [0.2, 0.25) is 10.0 Å². The minimum absolute atomic E-state index is 0.00978. The molecule has 2 heterocycles. The third-order valence-electron chi connectivity index (χ3n) is 3.02. The standard InChI is InChI=1S/C11H10Cl2N6O/c1-18-8(14)9(15)19(11-10(18)16-20-17-11)5-2-3-6(12)7(13)4-5/h2-4,14-17H,1H3. The Labute approximate surface area is 123 Å². The number of rotatable bonds is 1. The number of halogens is 2. The molecule has 7 nitrogen and oxygen atoms in total. The van der Waals surface area contributed by atoms with E-state index >= 15 is 0 Å². The third kappa shape index (κ3) is 1.79. The minimum Gasteiger partial charge on any atom is -0.308 e. The van der Waals surface area contributed by atoms with Crippen LogP contribution in [0.5, 0.6) is 0 Å². The summed E-state index contributed by atoms with van der Waals surface area (Å²) in [6, 6.07) is 4.98. The lowest BCUT2D eigenvalue weighted by atomic mass is 10.3. The van der Waals surface area contributed by atoms with E-state index in [0.29, 0.717) is 27.4 Å². The lowest BCUT2D eigenvalue weighted by Crippen LogP contribution is -2.40. The molecule has 0 bridgehead atoms. The van der Waals surface area contributed by atoms with Crippen LogP contribution in [0.4, 0.5) is 11.6 Å². The molecule has 1 aromatic heterocycles. The van der Waals surface area contributed by atoms with Gasteiger partial charge in [-0.25, -0.2) is 11.0 Å². The zero-order chi connectivity index (χ0) is 14.4. The van der Waals surface area contributed by atoms with E-state index in [2.05, 4.69) is 11.0 Å². The highest BCUT2D eigenvalue weighted by molar-refractivity contribution is 6.42. The normalized spacial score (nSPS) is 12.8. The Bertz CT molecular complexity index is 825. The van der Waals surface area contributed by atoms with Crippen molar-refractivity contribution >= 4 is 34.8 Å². The lowest BCUT2D eigenvalue weighted by Gasteiger charge is -2.14. The first-order valence-corrected chi connectivity index (χ1v) is 6.35. The van der Waals surface area contributed by atoms with Gasteiger partial charge in [0.2, 0.25) is 0 Å². The monoisotopic (exact) mass is 312 g/mol. The fourth-order valence-corrected chi connectivity index (χ4v) is 2.26. The summed E-state index contributed by atoms with van der Waals surface area (Å²) in [6.07, 6.45) is 0. The highest BCUT2D eigenvalue weighted by Gasteiger charge is 2.21. The van der Waals surface area contributed by atoms with E-state index < -0.39 is 0 Å². The van der Waals surface area contributed by atoms with Gasteiger partial charge in [0.05, 0.1) is 15.7 Å². The fourth-order valence-electron chi connectivity index (χ4n) is 1.97. The summed E-state index contributed by atoms with van der Waals surface area (Å²) in [7, 11) is 1.67. The average Bonchev–Trinajstić information content (AvgIpc) is 2.89. The second-order valence-electron chi connectivity index (χ2n) is 4.19. The number of nitrogens with one attached hydrogen (secondary N) is 4. The van der Waals surface area contributed by atoms with Crippen LogP contribution in [0.15, 0.2) is 18.2 Å². The van der Waals surface area contributed by atoms with E-state index in [-0.39, 0.29) is 11.0 Å². The number of hydrogen-bond acceptors (Lipinski definition) is 5. The van der Waals surface area contributed by atoms with Gasteiger partial charge in [-0.1, -0.05) is 23.2 Å². The summed E-state index contributed by atoms with van der Waals surface area (Å²) in [5.74, 6) is 1.05. The van der Waals surface area contributed by atoms with Crippen molar-refractivity contribution in [3.63, 3.8) is 0 Å². The third-order valence-corrected chi connectivity index (χ3v) is 3.76. The molecule has 9 heteroatoms. The van der Waals surface area contributed by atoms with Crippen LogP contribution in [0.3, 0.4) is 0 Å². The molecule has 2 aromatic rings. The van der Waals surface area contributed by atoms with Crippen LogP contribution in [-0.4, -0.2) is 9.13 Å². The Morgan fingerprint density at radius 3 is 2.45 bits per heavy atom. The molecule has 0 atom stereocenters. The van der Waals surface area contributed by atoms with Crippen LogP contribution in [0.25, 0.3) is 5.69 Å². The highest BCUT2D eigenvalue weighted by Crippen LogP contribution is 2.29. The number of fused-ring (bicyclic) bond motifs is 1. The van der Waals surface area contributed by atoms with Gasteiger partial charge in [-0.05, 0) is 18.2 Å². The number of aromatic nitrogens is 2. The molecule has 1 aliphatic rings. The second-order valence-corrected chi connectivity index (χ2v) is 5.01. The van der Waals surface area contributed by atoms with Gasteiger partial charge in [0, 0.05) is 7.05 Å². The van der Waals surface area contributed by atoms with Crippen molar-refractivity contribution in [1.82, 2.24) is 9.13 Å². The summed E-state index contributed by atoms with van der Waals surface area (Å²) in [6.45, 7) is 0. The Morgan fingerprint density at radius 2 is 1.75 bits per heavy atom. The molecule has 20 heavy (non-hydrogen) atoms. The van der Waals surface area contributed by atoms with Crippen molar-refractivity contribution in [2.24, 2.45) is 7.05 Å². The van der Waals surface area contributed by atoms with E-state index in [1.165, 1.54) is 9.13 Å². The first-order valence-electron chi connectivity index (χ1n) is 5.59. The van der Waals surface area contributed by atoms with E-state index in [1.54, 1.807) is 25.2 Å². The molecule has 1 aliphatic heterocycles. The zero-order valence-electron chi connectivity index (χ0n) is 10.3. The molecule has 4 N–H and O–H groups in total. The van der Waals surface area contributed by atoms with Gasteiger partial charge in [-0.15, -0.1) is 0 Å². The van der Waals surface area contributed by atoms with E-state index in [1.807, 2.05) is 0 Å². The van der Waals surface area contributed by atoms with Gasteiger partial charge in [-0.3, -0.25) is 15.4 Å². The molecular formula is C11H10Cl2N6O. The molecular weight excluding hydrogens is 303 g/mol. The molecule has 0 unspecified atom stereocenters. The number of anilines is 2. The van der Waals surface area contributed by atoms with Crippen LogP contribution in [-0.2, 0) is 12.0 Å². The first kappa shape index (κ1) is 13.0. The number of hydrogen-bond donors (Lipinski definition) is 4. The Kier molecular flexibility index (Phi) is 2.97. The van der Waals surface area contributed by atoms with Gasteiger partial charge >= 0.3 is 0 Å². The van der Waals surface area contributed by atoms with Crippen molar-refractivity contribution in [2.75, 3.05) is 11.0 Å². The first-order chi connectivity index (χ1) is 9.50. The largest absolute Gasteiger partial charge is 0.308 e. The second kappa shape index (κ2) is 4.55. The molecule has 0 fully saturated rings. The number of nitrogens with zero attached hydrogens (tertiary/aromatic N) is 2. The maximum atomic E-state index is 8.12. The maximum Gasteiger partial charge on any atom is 0.182 e. The summed E-state index contributed by atoms with van der Waals surface area (Å²) in [5, 5.41) is 16.9. The molecule has 0 spiro atoms. The molecule has 0 amide bonds. The van der Waals surface area contributed by atoms with Crippen LogP contribution >= 0.6 is 23.2 Å². The van der Waals surface area contributed by atoms with E-state index in [0.717, 1.165) is 0 Å². The van der Waals surface area contributed by atoms with Crippen molar-refractivity contribution in [3.05, 3.63) is 39.2 Å². The Balaban J connectivity index is 2.37. The van der Waals surface area contributed by atoms with Gasteiger partial charge in [0.1, 0.15) is 0 Å². The quantitative estimate of drug-likeness (QED) is 0.646. The molecule has 1 aromatic carbocycles. The lowest BCUT2D eigenvalue weighted by molar-refractivity contribution is 0.278. The van der Waals surface area contributed by atoms with E-state index in [9.17, 15) is 0 Å². The van der Waals surface area contributed by atoms with Gasteiger partial charge in [0.25, 0.3) is 0 Å². The molecule has 3 rings (SSSR count). The maximum absolute atomic E-state index is 8.12. The van der Waals surface area contributed by atoms with Gasteiger partial charge in [-0.2, -0.15) is 4.94 Å². The number of benzene rings is 1. The van der Waals surface area contributed by atoms with Gasteiger partial charge < -0.3 is 4.57 Å². The fraction of sp³-hybridized carbons (Fsp3) is 0.0909. The molecule has 0 aliphatic carbocycles. The molecule has 0 saturated carbocycles. The topological polar surface area (TPSA) is 90.9 Å². The zero-order valence-corrected chi connectivity index (χ0v) is 11.8. The summed E-state index contributed by atoms with van der Waals surface area (Å²) in [5.41, 5.74) is 5.92. The van der Waals surface area contributed by atoms with E-state index in [4.69, 9.17) is 39.0 Å². The van der Waals surface area contributed by atoms with Crippen molar-refractivity contribution in [1.29, 1.82) is 10.8 Å². The molecule has 0 radical (unpaired) electrons. The smallest absolute Gasteiger partial charge is 0.182 e. The predicted molar refractivity (Wildman–Crippen MR) is 74.8 cm³/mol. The van der Waals surface area contributed by atoms with Crippen LogP contribution < -0.4 is 21.9 Å².